The molecule has 0 aliphatic heterocycles. The second kappa shape index (κ2) is 7.76. The Labute approximate surface area is 119 Å². The van der Waals surface area contributed by atoms with Gasteiger partial charge in [0.15, 0.2) is 11.6 Å². The van der Waals surface area contributed by atoms with Gasteiger partial charge in [0.05, 0.1) is 23.7 Å². The lowest BCUT2D eigenvalue weighted by atomic mass is 10.2. The van der Waals surface area contributed by atoms with Crippen molar-refractivity contribution in [1.82, 2.24) is 10.6 Å². The first-order valence-corrected chi connectivity index (χ1v) is 6.02. The zero-order valence-electron chi connectivity index (χ0n) is 10.6. The largest absolute Gasteiger partial charge is 0.383 e. The van der Waals surface area contributed by atoms with Crippen molar-refractivity contribution in [1.29, 1.82) is 0 Å². The van der Waals surface area contributed by atoms with Crippen LogP contribution in [0.2, 0.25) is 5.02 Å². The molecule has 0 bridgehead atoms. The van der Waals surface area contributed by atoms with Gasteiger partial charge in [0.2, 0.25) is 5.91 Å². The molecule has 0 saturated carbocycles. The third kappa shape index (κ3) is 4.75. The van der Waals surface area contributed by atoms with E-state index in [4.69, 9.17) is 16.3 Å². The quantitative estimate of drug-likeness (QED) is 0.611. The minimum Gasteiger partial charge on any atom is -0.383 e. The molecule has 1 rings (SSSR count). The molecule has 20 heavy (non-hydrogen) atoms. The van der Waals surface area contributed by atoms with E-state index in [-0.39, 0.29) is 17.1 Å². The number of hydrogen-bond acceptors (Lipinski definition) is 3. The molecule has 8 heteroatoms. The topological polar surface area (TPSA) is 67.4 Å². The predicted octanol–water partition coefficient (Wildman–Crippen LogP) is 1.11. The number of rotatable bonds is 6. The fourth-order valence-electron chi connectivity index (χ4n) is 1.31. The van der Waals surface area contributed by atoms with Crippen molar-refractivity contribution < 1.29 is 23.1 Å². The molecule has 1 aromatic rings. The summed E-state index contributed by atoms with van der Waals surface area (Å²) in [6.07, 6.45) is 0. The number of halogens is 3. The van der Waals surface area contributed by atoms with Gasteiger partial charge >= 0.3 is 0 Å². The summed E-state index contributed by atoms with van der Waals surface area (Å²) in [5.74, 6) is -3.54. The molecule has 0 aromatic heterocycles. The highest BCUT2D eigenvalue weighted by Gasteiger charge is 2.15. The van der Waals surface area contributed by atoms with Gasteiger partial charge in [0, 0.05) is 13.7 Å². The minimum atomic E-state index is -1.19. The van der Waals surface area contributed by atoms with E-state index in [0.29, 0.717) is 25.3 Å². The molecule has 0 atom stereocenters. The van der Waals surface area contributed by atoms with E-state index in [1.807, 2.05) is 0 Å². The molecule has 2 N–H and O–H groups in total. The number of nitrogens with one attached hydrogen (secondary N) is 2. The molecule has 1 aromatic carbocycles. The first-order valence-electron chi connectivity index (χ1n) is 5.64. The van der Waals surface area contributed by atoms with E-state index in [0.717, 1.165) is 0 Å². The number of methoxy groups -OCH3 is 1. The number of carbonyl (C=O) groups is 2. The van der Waals surface area contributed by atoms with E-state index in [9.17, 15) is 18.4 Å². The maximum atomic E-state index is 13.0. The van der Waals surface area contributed by atoms with Crippen LogP contribution in [0.3, 0.4) is 0 Å². The van der Waals surface area contributed by atoms with E-state index < -0.39 is 23.4 Å². The van der Waals surface area contributed by atoms with Gasteiger partial charge in [0.25, 0.3) is 5.91 Å². The van der Waals surface area contributed by atoms with Crippen molar-refractivity contribution in [2.45, 2.75) is 0 Å². The number of ether oxygens (including phenoxy) is 1. The molecule has 5 nitrogen and oxygen atoms in total. The molecule has 0 aliphatic carbocycles. The second-order valence-electron chi connectivity index (χ2n) is 3.77. The van der Waals surface area contributed by atoms with Crippen LogP contribution in [0.1, 0.15) is 10.4 Å². The summed E-state index contributed by atoms with van der Waals surface area (Å²) in [4.78, 5) is 23.0. The summed E-state index contributed by atoms with van der Waals surface area (Å²) < 4.78 is 30.6. The van der Waals surface area contributed by atoms with Gasteiger partial charge in [-0.2, -0.15) is 0 Å². The lowest BCUT2D eigenvalue weighted by Gasteiger charge is -2.08. The summed E-state index contributed by atoms with van der Waals surface area (Å²) in [5.41, 5.74) is -0.241. The standard InChI is InChI=1S/C12H13ClF2N2O3/c1-20-3-2-16-11(18)6-17-12(19)7-4-9(14)10(15)5-8(7)13/h4-5H,2-3,6H2,1H3,(H,16,18)(H,17,19). The highest BCUT2D eigenvalue weighted by molar-refractivity contribution is 6.33. The smallest absolute Gasteiger partial charge is 0.253 e. The number of carbonyl (C=O) groups excluding carboxylic acids is 2. The first-order chi connectivity index (χ1) is 9.45. The Balaban J connectivity index is 2.55. The van der Waals surface area contributed by atoms with Crippen LogP contribution in [0, 0.1) is 11.6 Å². The Morgan fingerprint density at radius 2 is 1.90 bits per heavy atom. The Bertz CT molecular complexity index is 512. The van der Waals surface area contributed by atoms with Gasteiger partial charge in [-0.3, -0.25) is 9.59 Å². The molecular weight excluding hydrogens is 294 g/mol. The van der Waals surface area contributed by atoms with Crippen molar-refractivity contribution in [3.8, 4) is 0 Å². The number of benzene rings is 1. The van der Waals surface area contributed by atoms with Crippen LogP contribution in [-0.4, -0.2) is 38.6 Å². The zero-order chi connectivity index (χ0) is 15.1. The Hall–Kier alpha value is -1.73. The zero-order valence-corrected chi connectivity index (χ0v) is 11.4. The number of hydrogen-bond donors (Lipinski definition) is 2. The normalized spacial score (nSPS) is 10.2. The molecule has 0 unspecified atom stereocenters. The summed E-state index contributed by atoms with van der Waals surface area (Å²) in [5, 5.41) is 4.49. The predicted molar refractivity (Wildman–Crippen MR) is 68.6 cm³/mol. The van der Waals surface area contributed by atoms with Crippen molar-refractivity contribution in [2.24, 2.45) is 0 Å². The molecule has 0 aliphatic rings. The average Bonchev–Trinajstić information content (AvgIpc) is 2.40. The van der Waals surface area contributed by atoms with Gasteiger partial charge in [-0.05, 0) is 12.1 Å². The van der Waals surface area contributed by atoms with Crippen LogP contribution >= 0.6 is 11.6 Å². The van der Waals surface area contributed by atoms with Gasteiger partial charge in [-0.1, -0.05) is 11.6 Å². The molecule has 2 amide bonds. The SMILES string of the molecule is COCCNC(=O)CNC(=O)c1cc(F)c(F)cc1Cl. The number of amides is 2. The molecule has 0 saturated heterocycles. The molecule has 0 spiro atoms. The molecular formula is C12H13ClF2N2O3. The molecule has 0 fully saturated rings. The Morgan fingerprint density at radius 3 is 2.55 bits per heavy atom. The summed E-state index contributed by atoms with van der Waals surface area (Å²) >= 11 is 5.63. The first kappa shape index (κ1) is 16.3. The van der Waals surface area contributed by atoms with Gasteiger partial charge < -0.3 is 15.4 Å². The van der Waals surface area contributed by atoms with Gasteiger partial charge in [-0.15, -0.1) is 0 Å². The molecule has 0 heterocycles. The van der Waals surface area contributed by atoms with Crippen LogP contribution in [0.5, 0.6) is 0 Å². The van der Waals surface area contributed by atoms with Crippen LogP contribution in [0.4, 0.5) is 8.78 Å². The van der Waals surface area contributed by atoms with Crippen molar-refractivity contribution >= 4 is 23.4 Å². The third-order valence-corrected chi connectivity index (χ3v) is 2.61. The van der Waals surface area contributed by atoms with Gasteiger partial charge in [0.1, 0.15) is 0 Å². The lowest BCUT2D eigenvalue weighted by Crippen LogP contribution is -2.38. The van der Waals surface area contributed by atoms with Crippen LogP contribution in [0.15, 0.2) is 12.1 Å². The lowest BCUT2D eigenvalue weighted by molar-refractivity contribution is -0.120. The third-order valence-electron chi connectivity index (χ3n) is 2.29. The van der Waals surface area contributed by atoms with Crippen molar-refractivity contribution in [3.05, 3.63) is 34.4 Å². The molecule has 110 valence electrons. The Morgan fingerprint density at radius 1 is 1.25 bits per heavy atom. The fourth-order valence-corrected chi connectivity index (χ4v) is 1.54. The highest BCUT2D eigenvalue weighted by atomic mass is 35.5. The fraction of sp³-hybridized carbons (Fsp3) is 0.333. The van der Waals surface area contributed by atoms with E-state index in [2.05, 4.69) is 10.6 Å². The van der Waals surface area contributed by atoms with Crippen molar-refractivity contribution in [2.75, 3.05) is 26.8 Å². The average molecular weight is 307 g/mol. The Kier molecular flexibility index (Phi) is 6.33. The maximum absolute atomic E-state index is 13.0. The summed E-state index contributed by atoms with van der Waals surface area (Å²) in [6.45, 7) is 0.337. The van der Waals surface area contributed by atoms with Crippen LogP contribution in [0.25, 0.3) is 0 Å². The monoisotopic (exact) mass is 306 g/mol. The van der Waals surface area contributed by atoms with Crippen LogP contribution < -0.4 is 10.6 Å². The maximum Gasteiger partial charge on any atom is 0.253 e. The van der Waals surface area contributed by atoms with E-state index >= 15 is 0 Å². The van der Waals surface area contributed by atoms with Gasteiger partial charge in [-0.25, -0.2) is 8.78 Å². The minimum absolute atomic E-state index is 0.235. The van der Waals surface area contributed by atoms with E-state index in [1.165, 1.54) is 7.11 Å². The molecule has 0 radical (unpaired) electrons. The van der Waals surface area contributed by atoms with Crippen molar-refractivity contribution in [3.63, 3.8) is 0 Å². The van der Waals surface area contributed by atoms with Crippen LogP contribution in [-0.2, 0) is 9.53 Å². The second-order valence-corrected chi connectivity index (χ2v) is 4.18. The highest BCUT2D eigenvalue weighted by Crippen LogP contribution is 2.19. The summed E-state index contributed by atoms with van der Waals surface area (Å²) in [7, 11) is 1.49. The van der Waals surface area contributed by atoms with E-state index in [1.54, 1.807) is 0 Å². The summed E-state index contributed by atoms with van der Waals surface area (Å²) in [6, 6.07) is 1.38.